The summed E-state index contributed by atoms with van der Waals surface area (Å²) in [7, 11) is 1.68. The summed E-state index contributed by atoms with van der Waals surface area (Å²) in [6.07, 6.45) is 0.0873. The first kappa shape index (κ1) is 7.86. The molecular formula is C8H8BO2. The Labute approximate surface area is 66.1 Å². The second-order valence-electron chi connectivity index (χ2n) is 2.21. The van der Waals surface area contributed by atoms with Gasteiger partial charge in [0.25, 0.3) is 5.97 Å². The number of rotatable bonds is 3. The molecule has 0 aliphatic heterocycles. The highest BCUT2D eigenvalue weighted by molar-refractivity contribution is 6.56. The molecule has 1 aromatic carbocycles. The minimum absolute atomic E-state index is 0.0873. The van der Waals surface area contributed by atoms with Gasteiger partial charge in [0.15, 0.2) is 7.28 Å². The first-order chi connectivity index (χ1) is 5.29. The van der Waals surface area contributed by atoms with Crippen LogP contribution in [-0.4, -0.2) is 18.4 Å². The minimum atomic E-state index is -0.797. The number of carboxylic acid groups (broad SMARTS) is 1. The average molecular weight is 147 g/mol. The molecule has 1 rings (SSSR count). The fraction of sp³-hybridized carbons (Fsp3) is 0.125. The van der Waals surface area contributed by atoms with E-state index >= 15 is 0 Å². The van der Waals surface area contributed by atoms with Crippen molar-refractivity contribution >= 4 is 18.7 Å². The van der Waals surface area contributed by atoms with Crippen LogP contribution in [0.5, 0.6) is 0 Å². The molecule has 0 saturated heterocycles. The van der Waals surface area contributed by atoms with E-state index in [1.54, 1.807) is 7.28 Å². The quantitative estimate of drug-likeness (QED) is 0.632. The van der Waals surface area contributed by atoms with E-state index < -0.39 is 5.97 Å². The fourth-order valence-electron chi connectivity index (χ4n) is 0.794. The van der Waals surface area contributed by atoms with E-state index in [2.05, 4.69) is 0 Å². The molecule has 1 radical (unpaired) electrons. The Kier molecular flexibility index (Phi) is 2.72. The second kappa shape index (κ2) is 3.81. The lowest BCUT2D eigenvalue weighted by atomic mass is 9.67. The Balaban J connectivity index is 2.45. The third kappa shape index (κ3) is 2.89. The SMILES string of the molecule is O=C(O)C[B]c1ccccc1. The molecular weight excluding hydrogens is 139 g/mol. The van der Waals surface area contributed by atoms with Crippen molar-refractivity contribution in [3.63, 3.8) is 0 Å². The third-order valence-electron chi connectivity index (χ3n) is 1.31. The Morgan fingerprint density at radius 1 is 1.36 bits per heavy atom. The van der Waals surface area contributed by atoms with Gasteiger partial charge < -0.3 is 5.11 Å². The van der Waals surface area contributed by atoms with Gasteiger partial charge in [0, 0.05) is 6.32 Å². The lowest BCUT2D eigenvalue weighted by Crippen LogP contribution is -2.15. The molecule has 0 atom stereocenters. The van der Waals surface area contributed by atoms with E-state index in [1.807, 2.05) is 30.3 Å². The lowest BCUT2D eigenvalue weighted by molar-refractivity contribution is -0.134. The molecule has 0 saturated carbocycles. The maximum atomic E-state index is 10.1. The minimum Gasteiger partial charge on any atom is -0.482 e. The van der Waals surface area contributed by atoms with Gasteiger partial charge >= 0.3 is 0 Å². The number of hydrogen-bond donors (Lipinski definition) is 1. The van der Waals surface area contributed by atoms with Gasteiger partial charge in [0.1, 0.15) is 0 Å². The summed E-state index contributed by atoms with van der Waals surface area (Å²) in [5.74, 6) is -0.797. The van der Waals surface area contributed by atoms with Crippen LogP contribution >= 0.6 is 0 Å². The van der Waals surface area contributed by atoms with Gasteiger partial charge in [0.2, 0.25) is 0 Å². The second-order valence-corrected chi connectivity index (χ2v) is 2.21. The van der Waals surface area contributed by atoms with E-state index in [-0.39, 0.29) is 6.32 Å². The molecule has 0 aliphatic rings. The van der Waals surface area contributed by atoms with Crippen molar-refractivity contribution in [2.75, 3.05) is 0 Å². The zero-order valence-corrected chi connectivity index (χ0v) is 6.03. The van der Waals surface area contributed by atoms with E-state index in [0.29, 0.717) is 0 Å². The number of benzene rings is 1. The van der Waals surface area contributed by atoms with Crippen LogP contribution in [0.3, 0.4) is 0 Å². The topological polar surface area (TPSA) is 37.3 Å². The number of carbonyl (C=O) groups is 1. The molecule has 2 nitrogen and oxygen atoms in total. The van der Waals surface area contributed by atoms with Crippen molar-refractivity contribution in [1.29, 1.82) is 0 Å². The van der Waals surface area contributed by atoms with Gasteiger partial charge in [-0.1, -0.05) is 35.8 Å². The maximum absolute atomic E-state index is 10.1. The van der Waals surface area contributed by atoms with E-state index in [0.717, 1.165) is 5.46 Å². The van der Waals surface area contributed by atoms with Crippen molar-refractivity contribution in [3.05, 3.63) is 30.3 Å². The van der Waals surface area contributed by atoms with Crippen LogP contribution in [0.15, 0.2) is 30.3 Å². The molecule has 0 amide bonds. The molecule has 1 aromatic rings. The van der Waals surface area contributed by atoms with E-state index in [9.17, 15) is 4.79 Å². The predicted octanol–water partition coefficient (Wildman–Crippen LogP) is 0.519. The van der Waals surface area contributed by atoms with Gasteiger partial charge in [-0.2, -0.15) is 0 Å². The summed E-state index contributed by atoms with van der Waals surface area (Å²) in [6, 6.07) is 9.42. The number of carboxylic acids is 1. The molecule has 0 unspecified atom stereocenters. The van der Waals surface area contributed by atoms with Crippen LogP contribution in [0.1, 0.15) is 0 Å². The molecule has 11 heavy (non-hydrogen) atoms. The summed E-state index contributed by atoms with van der Waals surface area (Å²) in [5, 5.41) is 8.34. The van der Waals surface area contributed by atoms with Crippen LogP contribution < -0.4 is 5.46 Å². The summed E-state index contributed by atoms with van der Waals surface area (Å²) in [5.41, 5.74) is 0.954. The summed E-state index contributed by atoms with van der Waals surface area (Å²) < 4.78 is 0. The molecule has 0 spiro atoms. The highest BCUT2D eigenvalue weighted by Crippen LogP contribution is 1.84. The van der Waals surface area contributed by atoms with Crippen LogP contribution in [0.25, 0.3) is 0 Å². The summed E-state index contributed by atoms with van der Waals surface area (Å²) in [4.78, 5) is 10.1. The van der Waals surface area contributed by atoms with Crippen LogP contribution in [0.2, 0.25) is 6.32 Å². The maximum Gasteiger partial charge on any atom is 0.295 e. The lowest BCUT2D eigenvalue weighted by Gasteiger charge is -1.93. The van der Waals surface area contributed by atoms with Gasteiger partial charge in [-0.15, -0.1) is 0 Å². The van der Waals surface area contributed by atoms with Crippen molar-refractivity contribution in [1.82, 2.24) is 0 Å². The molecule has 1 N–H and O–H groups in total. The zero-order chi connectivity index (χ0) is 8.10. The third-order valence-corrected chi connectivity index (χ3v) is 1.31. The Morgan fingerprint density at radius 2 is 2.00 bits per heavy atom. The standard InChI is InChI=1S/C8H8BO2/c10-8(11)6-9-7-4-2-1-3-5-7/h1-5H,6H2,(H,10,11). The molecule has 0 bridgehead atoms. The molecule has 0 heterocycles. The van der Waals surface area contributed by atoms with E-state index in [4.69, 9.17) is 5.11 Å². The van der Waals surface area contributed by atoms with Crippen molar-refractivity contribution < 1.29 is 9.90 Å². The summed E-state index contributed by atoms with van der Waals surface area (Å²) in [6.45, 7) is 0. The smallest absolute Gasteiger partial charge is 0.295 e. The number of aliphatic carboxylic acids is 1. The Bertz CT molecular complexity index is 233. The highest BCUT2D eigenvalue weighted by Gasteiger charge is 1.98. The first-order valence-electron chi connectivity index (χ1n) is 3.39. The Hall–Kier alpha value is -1.25. The van der Waals surface area contributed by atoms with Gasteiger partial charge in [-0.05, 0) is 0 Å². The fourth-order valence-corrected chi connectivity index (χ4v) is 0.794. The van der Waals surface area contributed by atoms with Gasteiger partial charge in [-0.3, -0.25) is 4.79 Å². The molecule has 0 fully saturated rings. The molecule has 3 heteroatoms. The number of hydrogen-bond acceptors (Lipinski definition) is 1. The molecule has 0 aliphatic carbocycles. The largest absolute Gasteiger partial charge is 0.482 e. The van der Waals surface area contributed by atoms with Gasteiger partial charge in [-0.25, -0.2) is 0 Å². The van der Waals surface area contributed by atoms with Crippen LogP contribution in [-0.2, 0) is 4.79 Å². The van der Waals surface area contributed by atoms with Crippen molar-refractivity contribution in [2.45, 2.75) is 6.32 Å². The normalized spacial score (nSPS) is 9.09. The van der Waals surface area contributed by atoms with Gasteiger partial charge in [0.05, 0.1) is 0 Å². The Morgan fingerprint density at radius 3 is 2.55 bits per heavy atom. The summed E-state index contributed by atoms with van der Waals surface area (Å²) >= 11 is 0. The van der Waals surface area contributed by atoms with Crippen LogP contribution in [0.4, 0.5) is 0 Å². The predicted molar refractivity (Wildman–Crippen MR) is 44.3 cm³/mol. The first-order valence-corrected chi connectivity index (χ1v) is 3.39. The average Bonchev–Trinajstić information content (AvgIpc) is 2.03. The van der Waals surface area contributed by atoms with Crippen molar-refractivity contribution in [2.24, 2.45) is 0 Å². The monoisotopic (exact) mass is 147 g/mol. The molecule has 0 aromatic heterocycles. The van der Waals surface area contributed by atoms with Crippen molar-refractivity contribution in [3.8, 4) is 0 Å². The highest BCUT2D eigenvalue weighted by atomic mass is 16.4. The van der Waals surface area contributed by atoms with E-state index in [1.165, 1.54) is 0 Å². The zero-order valence-electron chi connectivity index (χ0n) is 6.03. The van der Waals surface area contributed by atoms with Crippen LogP contribution in [0, 0.1) is 0 Å². The molecule has 55 valence electrons.